The number of hydrogen-bond donors (Lipinski definition) is 3. The predicted octanol–water partition coefficient (Wildman–Crippen LogP) is 2.08. The molecule has 0 spiro atoms. The standard InChI is InChI=1S/C20H25FN2O3/c1-25-20-8-15(9-22-10-16-11-23-12-18(16)24)4-7-19(20)26-13-14-2-5-17(21)6-3-14/h2-8,16,18,22-24H,9-13H2,1H3. The van der Waals surface area contributed by atoms with Crippen LogP contribution in [0.4, 0.5) is 4.39 Å². The van der Waals surface area contributed by atoms with Crippen molar-refractivity contribution < 1.29 is 19.0 Å². The number of β-amino-alcohol motifs (C(OH)–C–C–N with tert-alkyl or cyclic N) is 1. The van der Waals surface area contributed by atoms with E-state index >= 15 is 0 Å². The van der Waals surface area contributed by atoms with Gasteiger partial charge in [0.2, 0.25) is 0 Å². The Labute approximate surface area is 153 Å². The Kier molecular flexibility index (Phi) is 6.44. The molecule has 2 aromatic carbocycles. The zero-order valence-electron chi connectivity index (χ0n) is 14.9. The molecule has 0 aliphatic carbocycles. The Bertz CT molecular complexity index is 709. The maximum atomic E-state index is 13.0. The molecule has 26 heavy (non-hydrogen) atoms. The lowest BCUT2D eigenvalue weighted by molar-refractivity contribution is 0.146. The zero-order chi connectivity index (χ0) is 18.4. The minimum atomic E-state index is -0.278. The number of nitrogens with one attached hydrogen (secondary N) is 2. The minimum absolute atomic E-state index is 0.246. The molecular formula is C20H25FN2O3. The largest absolute Gasteiger partial charge is 0.493 e. The first-order valence-corrected chi connectivity index (χ1v) is 8.79. The van der Waals surface area contributed by atoms with Gasteiger partial charge in [0.15, 0.2) is 11.5 Å². The fraction of sp³-hybridized carbons (Fsp3) is 0.400. The Morgan fingerprint density at radius 1 is 1.12 bits per heavy atom. The number of ether oxygens (including phenoxy) is 2. The number of methoxy groups -OCH3 is 1. The van der Waals surface area contributed by atoms with E-state index in [1.54, 1.807) is 19.2 Å². The van der Waals surface area contributed by atoms with Crippen molar-refractivity contribution in [2.75, 3.05) is 26.7 Å². The highest BCUT2D eigenvalue weighted by Crippen LogP contribution is 2.29. The van der Waals surface area contributed by atoms with Crippen LogP contribution in [-0.2, 0) is 13.2 Å². The molecular weight excluding hydrogens is 335 g/mol. The second-order valence-corrected chi connectivity index (χ2v) is 6.52. The second-order valence-electron chi connectivity index (χ2n) is 6.52. The molecule has 0 amide bonds. The van der Waals surface area contributed by atoms with E-state index < -0.39 is 0 Å². The average Bonchev–Trinajstić information content (AvgIpc) is 3.06. The molecule has 2 unspecified atom stereocenters. The maximum Gasteiger partial charge on any atom is 0.161 e. The van der Waals surface area contributed by atoms with Crippen LogP contribution >= 0.6 is 0 Å². The van der Waals surface area contributed by atoms with E-state index in [0.29, 0.717) is 31.2 Å². The molecule has 3 rings (SSSR count). The SMILES string of the molecule is COc1cc(CNCC2CNCC2O)ccc1OCc1ccc(F)cc1. The highest BCUT2D eigenvalue weighted by atomic mass is 19.1. The lowest BCUT2D eigenvalue weighted by atomic mass is 10.1. The molecule has 0 bridgehead atoms. The van der Waals surface area contributed by atoms with Crippen molar-refractivity contribution in [3.05, 3.63) is 59.4 Å². The number of hydrogen-bond acceptors (Lipinski definition) is 5. The van der Waals surface area contributed by atoms with Crippen molar-refractivity contribution in [3.8, 4) is 11.5 Å². The monoisotopic (exact) mass is 360 g/mol. The van der Waals surface area contributed by atoms with Crippen LogP contribution in [0.3, 0.4) is 0 Å². The van der Waals surface area contributed by atoms with Gasteiger partial charge in [-0.3, -0.25) is 0 Å². The fourth-order valence-corrected chi connectivity index (χ4v) is 3.01. The molecule has 0 saturated carbocycles. The van der Waals surface area contributed by atoms with E-state index in [-0.39, 0.29) is 17.8 Å². The van der Waals surface area contributed by atoms with Gasteiger partial charge >= 0.3 is 0 Å². The molecule has 1 heterocycles. The fourth-order valence-electron chi connectivity index (χ4n) is 3.01. The number of halogens is 1. The number of aliphatic hydroxyl groups excluding tert-OH is 1. The summed E-state index contributed by atoms with van der Waals surface area (Å²) in [6.07, 6.45) is -0.278. The summed E-state index contributed by atoms with van der Waals surface area (Å²) in [6, 6.07) is 12.0. The van der Waals surface area contributed by atoms with E-state index in [1.165, 1.54) is 12.1 Å². The lowest BCUT2D eigenvalue weighted by Crippen LogP contribution is -2.30. The van der Waals surface area contributed by atoms with Crippen molar-refractivity contribution in [2.45, 2.75) is 19.3 Å². The van der Waals surface area contributed by atoms with Crippen LogP contribution < -0.4 is 20.1 Å². The summed E-state index contributed by atoms with van der Waals surface area (Å²) < 4.78 is 24.2. The summed E-state index contributed by atoms with van der Waals surface area (Å²) in [5, 5.41) is 16.4. The van der Waals surface area contributed by atoms with Gasteiger partial charge in [0.25, 0.3) is 0 Å². The first kappa shape index (κ1) is 18.6. The van der Waals surface area contributed by atoms with E-state index in [9.17, 15) is 9.50 Å². The molecule has 1 fully saturated rings. The molecule has 0 radical (unpaired) electrons. The first-order chi connectivity index (χ1) is 12.7. The van der Waals surface area contributed by atoms with Gasteiger partial charge < -0.3 is 25.2 Å². The van der Waals surface area contributed by atoms with E-state index in [4.69, 9.17) is 9.47 Å². The second kappa shape index (κ2) is 8.98. The van der Waals surface area contributed by atoms with Crippen molar-refractivity contribution in [2.24, 2.45) is 5.92 Å². The minimum Gasteiger partial charge on any atom is -0.493 e. The molecule has 1 aliphatic heterocycles. The Hall–Kier alpha value is -2.15. The van der Waals surface area contributed by atoms with Gasteiger partial charge in [-0.05, 0) is 35.4 Å². The molecule has 3 N–H and O–H groups in total. The molecule has 1 aliphatic rings. The van der Waals surface area contributed by atoms with E-state index in [2.05, 4.69) is 10.6 Å². The summed E-state index contributed by atoms with van der Waals surface area (Å²) in [7, 11) is 1.61. The molecule has 2 atom stereocenters. The third-order valence-electron chi connectivity index (χ3n) is 4.58. The van der Waals surface area contributed by atoms with Gasteiger partial charge in [0.1, 0.15) is 12.4 Å². The summed E-state index contributed by atoms with van der Waals surface area (Å²) in [4.78, 5) is 0. The van der Waals surface area contributed by atoms with Crippen LogP contribution in [0.15, 0.2) is 42.5 Å². The Morgan fingerprint density at radius 3 is 2.58 bits per heavy atom. The molecule has 0 aromatic heterocycles. The summed E-state index contributed by atoms with van der Waals surface area (Å²) in [6.45, 7) is 3.31. The van der Waals surface area contributed by atoms with Gasteiger partial charge in [-0.2, -0.15) is 0 Å². The van der Waals surface area contributed by atoms with Crippen LogP contribution in [0.25, 0.3) is 0 Å². The molecule has 2 aromatic rings. The number of aliphatic hydroxyl groups is 1. The normalized spacial score (nSPS) is 19.5. The topological polar surface area (TPSA) is 62.8 Å². The predicted molar refractivity (Wildman–Crippen MR) is 97.8 cm³/mol. The third-order valence-corrected chi connectivity index (χ3v) is 4.58. The summed E-state index contributed by atoms with van der Waals surface area (Å²) in [5.41, 5.74) is 1.97. The first-order valence-electron chi connectivity index (χ1n) is 8.79. The molecule has 6 heteroatoms. The van der Waals surface area contributed by atoms with Gasteiger partial charge in [-0.1, -0.05) is 18.2 Å². The highest BCUT2D eigenvalue weighted by molar-refractivity contribution is 5.43. The lowest BCUT2D eigenvalue weighted by Gasteiger charge is -2.15. The van der Waals surface area contributed by atoms with Gasteiger partial charge in [-0.25, -0.2) is 4.39 Å². The van der Waals surface area contributed by atoms with Crippen molar-refractivity contribution in [1.82, 2.24) is 10.6 Å². The van der Waals surface area contributed by atoms with Crippen LogP contribution in [0.1, 0.15) is 11.1 Å². The Balaban J connectivity index is 1.54. The van der Waals surface area contributed by atoms with Crippen molar-refractivity contribution in [3.63, 3.8) is 0 Å². The molecule has 1 saturated heterocycles. The van der Waals surface area contributed by atoms with Crippen molar-refractivity contribution >= 4 is 0 Å². The Morgan fingerprint density at radius 2 is 1.88 bits per heavy atom. The number of rotatable bonds is 8. The van der Waals surface area contributed by atoms with Crippen molar-refractivity contribution in [1.29, 1.82) is 0 Å². The van der Waals surface area contributed by atoms with Gasteiger partial charge in [-0.15, -0.1) is 0 Å². The quantitative estimate of drug-likeness (QED) is 0.673. The van der Waals surface area contributed by atoms with Crippen LogP contribution in [0, 0.1) is 11.7 Å². The highest BCUT2D eigenvalue weighted by Gasteiger charge is 2.24. The zero-order valence-corrected chi connectivity index (χ0v) is 14.9. The summed E-state index contributed by atoms with van der Waals surface area (Å²) >= 11 is 0. The van der Waals surface area contributed by atoms with E-state index in [1.807, 2.05) is 18.2 Å². The van der Waals surface area contributed by atoms with Crippen LogP contribution in [0.5, 0.6) is 11.5 Å². The van der Waals surface area contributed by atoms with Crippen LogP contribution in [-0.4, -0.2) is 38.0 Å². The van der Waals surface area contributed by atoms with E-state index in [0.717, 1.165) is 24.2 Å². The number of benzene rings is 2. The maximum absolute atomic E-state index is 13.0. The third kappa shape index (κ3) is 4.94. The smallest absolute Gasteiger partial charge is 0.161 e. The average molecular weight is 360 g/mol. The summed E-state index contributed by atoms with van der Waals surface area (Å²) in [5.74, 6) is 1.30. The van der Waals surface area contributed by atoms with Crippen LogP contribution in [0.2, 0.25) is 0 Å². The molecule has 140 valence electrons. The van der Waals surface area contributed by atoms with Gasteiger partial charge in [0.05, 0.1) is 13.2 Å². The van der Waals surface area contributed by atoms with Gasteiger partial charge in [0, 0.05) is 32.1 Å². The molecule has 5 nitrogen and oxygen atoms in total.